The number of hydrogen-bond acceptors (Lipinski definition) is 4. The second-order valence-electron chi connectivity index (χ2n) is 5.70. The third-order valence-electron chi connectivity index (χ3n) is 3.90. The van der Waals surface area contributed by atoms with Crippen molar-refractivity contribution in [2.75, 3.05) is 5.75 Å². The van der Waals surface area contributed by atoms with Gasteiger partial charge < -0.3 is 4.57 Å². The van der Waals surface area contributed by atoms with Crippen molar-refractivity contribution >= 4 is 17.5 Å². The molecule has 122 valence electrons. The maximum Gasteiger partial charge on any atom is 0.187 e. The maximum atomic E-state index is 12.6. The Bertz CT molecular complexity index is 854. The fourth-order valence-electron chi connectivity index (χ4n) is 2.70. The fourth-order valence-corrected chi connectivity index (χ4v) is 3.39. The summed E-state index contributed by atoms with van der Waals surface area (Å²) in [6, 6.07) is 12.0. The predicted octanol–water partition coefficient (Wildman–Crippen LogP) is 4.17. The van der Waals surface area contributed by atoms with Crippen molar-refractivity contribution in [3.8, 4) is 5.69 Å². The topological polar surface area (TPSA) is 47.8 Å². The Kier molecular flexibility index (Phi) is 4.81. The normalized spacial score (nSPS) is 10.8. The Hall–Kier alpha value is -2.40. The van der Waals surface area contributed by atoms with Crippen molar-refractivity contribution in [3.05, 3.63) is 71.3 Å². The highest BCUT2D eigenvalue weighted by Crippen LogP contribution is 2.23. The van der Waals surface area contributed by atoms with Crippen LogP contribution < -0.4 is 0 Å². The van der Waals surface area contributed by atoms with E-state index in [4.69, 9.17) is 0 Å². The Labute approximate surface area is 146 Å². The molecule has 0 fully saturated rings. The Morgan fingerprint density at radius 3 is 2.42 bits per heavy atom. The molecule has 0 aliphatic carbocycles. The van der Waals surface area contributed by atoms with Gasteiger partial charge in [-0.1, -0.05) is 29.5 Å². The van der Waals surface area contributed by atoms with Gasteiger partial charge in [0, 0.05) is 35.0 Å². The lowest BCUT2D eigenvalue weighted by Gasteiger charge is -2.10. The molecule has 24 heavy (non-hydrogen) atoms. The number of aryl methyl sites for hydroxylation is 2. The van der Waals surface area contributed by atoms with Crippen LogP contribution in [0.25, 0.3) is 5.69 Å². The standard InChI is InChI=1S/C19H19N3OS/c1-13-5-7-16(8-6-13)22-14(2)11-17(15(22)3)18(23)12-24-19-20-9-4-10-21-19/h4-11H,12H2,1-3H3. The van der Waals surface area contributed by atoms with E-state index in [-0.39, 0.29) is 5.78 Å². The van der Waals surface area contributed by atoms with E-state index < -0.39 is 0 Å². The van der Waals surface area contributed by atoms with Gasteiger partial charge in [-0.2, -0.15) is 0 Å². The molecule has 0 spiro atoms. The van der Waals surface area contributed by atoms with Crippen LogP contribution in [0.5, 0.6) is 0 Å². The molecule has 1 aromatic carbocycles. The number of carbonyl (C=O) groups is 1. The molecule has 0 amide bonds. The third-order valence-corrected chi connectivity index (χ3v) is 4.77. The van der Waals surface area contributed by atoms with E-state index in [0.717, 1.165) is 22.6 Å². The van der Waals surface area contributed by atoms with Crippen LogP contribution in [0.2, 0.25) is 0 Å². The summed E-state index contributed by atoms with van der Waals surface area (Å²) in [6.45, 7) is 6.08. The van der Waals surface area contributed by atoms with Crippen molar-refractivity contribution in [1.82, 2.24) is 14.5 Å². The number of carbonyl (C=O) groups excluding carboxylic acids is 1. The van der Waals surface area contributed by atoms with Crippen molar-refractivity contribution < 1.29 is 4.79 Å². The van der Waals surface area contributed by atoms with Crippen LogP contribution in [0.15, 0.2) is 53.9 Å². The first-order valence-electron chi connectivity index (χ1n) is 7.75. The minimum absolute atomic E-state index is 0.0962. The molecule has 3 rings (SSSR count). The van der Waals surface area contributed by atoms with Crippen LogP contribution in [0.3, 0.4) is 0 Å². The van der Waals surface area contributed by atoms with Crippen molar-refractivity contribution in [2.24, 2.45) is 0 Å². The third kappa shape index (κ3) is 3.41. The highest BCUT2D eigenvalue weighted by Gasteiger charge is 2.17. The number of hydrogen-bond donors (Lipinski definition) is 0. The molecule has 0 radical (unpaired) electrons. The summed E-state index contributed by atoms with van der Waals surface area (Å²) < 4.78 is 2.12. The van der Waals surface area contributed by atoms with Gasteiger partial charge in [0.05, 0.1) is 5.75 Å². The van der Waals surface area contributed by atoms with Crippen molar-refractivity contribution in [1.29, 1.82) is 0 Å². The molecule has 2 aromatic heterocycles. The van der Waals surface area contributed by atoms with Gasteiger partial charge in [-0.15, -0.1) is 0 Å². The van der Waals surface area contributed by atoms with E-state index in [1.807, 2.05) is 19.9 Å². The molecule has 0 unspecified atom stereocenters. The lowest BCUT2D eigenvalue weighted by Crippen LogP contribution is -2.06. The van der Waals surface area contributed by atoms with E-state index >= 15 is 0 Å². The Balaban J connectivity index is 1.83. The van der Waals surface area contributed by atoms with Crippen LogP contribution >= 0.6 is 11.8 Å². The van der Waals surface area contributed by atoms with E-state index in [2.05, 4.69) is 45.7 Å². The number of Topliss-reactive ketones (excluding diaryl/α,β-unsaturated/α-hetero) is 1. The first-order valence-corrected chi connectivity index (χ1v) is 8.74. The Morgan fingerprint density at radius 2 is 1.75 bits per heavy atom. The van der Waals surface area contributed by atoms with Gasteiger partial charge in [0.25, 0.3) is 0 Å². The molecule has 0 aliphatic rings. The first-order chi connectivity index (χ1) is 11.6. The summed E-state index contributed by atoms with van der Waals surface area (Å²) in [4.78, 5) is 20.9. The molecule has 0 saturated heterocycles. The van der Waals surface area contributed by atoms with Gasteiger partial charge in [-0.05, 0) is 45.0 Å². The summed E-state index contributed by atoms with van der Waals surface area (Å²) in [6.07, 6.45) is 3.37. The molecule has 0 N–H and O–H groups in total. The largest absolute Gasteiger partial charge is 0.318 e. The van der Waals surface area contributed by atoms with E-state index in [9.17, 15) is 4.79 Å². The molecule has 4 nitrogen and oxygen atoms in total. The fraction of sp³-hybridized carbons (Fsp3) is 0.211. The highest BCUT2D eigenvalue weighted by atomic mass is 32.2. The van der Waals surface area contributed by atoms with Crippen LogP contribution in [0.4, 0.5) is 0 Å². The SMILES string of the molecule is Cc1ccc(-n2c(C)cc(C(=O)CSc3ncccn3)c2C)cc1. The molecule has 5 heteroatoms. The summed E-state index contributed by atoms with van der Waals surface area (Å²) in [5, 5.41) is 0.623. The van der Waals surface area contributed by atoms with Crippen LogP contribution in [-0.4, -0.2) is 26.1 Å². The van der Waals surface area contributed by atoms with Crippen LogP contribution in [0.1, 0.15) is 27.3 Å². The average molecular weight is 337 g/mol. The van der Waals surface area contributed by atoms with E-state index in [1.54, 1.807) is 18.5 Å². The predicted molar refractivity (Wildman–Crippen MR) is 97.1 cm³/mol. The van der Waals surface area contributed by atoms with E-state index in [1.165, 1.54) is 17.3 Å². The first kappa shape index (κ1) is 16.5. The molecular formula is C19H19N3OS. The van der Waals surface area contributed by atoms with Crippen LogP contribution in [0, 0.1) is 20.8 Å². The number of nitrogens with zero attached hydrogens (tertiary/aromatic N) is 3. The van der Waals surface area contributed by atoms with Gasteiger partial charge in [0.1, 0.15) is 0 Å². The summed E-state index contributed by atoms with van der Waals surface area (Å²) in [5.74, 6) is 0.432. The second-order valence-corrected chi connectivity index (χ2v) is 6.64. The number of aromatic nitrogens is 3. The molecule has 3 aromatic rings. The molecule has 0 aliphatic heterocycles. The minimum atomic E-state index is 0.0962. The molecule has 2 heterocycles. The van der Waals surface area contributed by atoms with Crippen molar-refractivity contribution in [2.45, 2.75) is 25.9 Å². The maximum absolute atomic E-state index is 12.6. The van der Waals surface area contributed by atoms with Gasteiger partial charge in [0.2, 0.25) is 0 Å². The molecule has 0 bridgehead atoms. The molecule has 0 atom stereocenters. The monoisotopic (exact) mass is 337 g/mol. The summed E-state index contributed by atoms with van der Waals surface area (Å²) >= 11 is 1.36. The van der Waals surface area contributed by atoms with Gasteiger partial charge in [-0.3, -0.25) is 4.79 Å². The average Bonchev–Trinajstić information content (AvgIpc) is 2.89. The van der Waals surface area contributed by atoms with E-state index in [0.29, 0.717) is 10.9 Å². The minimum Gasteiger partial charge on any atom is -0.318 e. The number of thioether (sulfide) groups is 1. The zero-order valence-corrected chi connectivity index (χ0v) is 14.8. The molecule has 0 saturated carbocycles. The number of ketones is 1. The highest BCUT2D eigenvalue weighted by molar-refractivity contribution is 7.99. The molecular weight excluding hydrogens is 318 g/mol. The number of rotatable bonds is 5. The van der Waals surface area contributed by atoms with Gasteiger partial charge in [0.15, 0.2) is 10.9 Å². The van der Waals surface area contributed by atoms with Gasteiger partial charge >= 0.3 is 0 Å². The van der Waals surface area contributed by atoms with Crippen LogP contribution in [-0.2, 0) is 0 Å². The second kappa shape index (κ2) is 7.01. The van der Waals surface area contributed by atoms with Gasteiger partial charge in [-0.25, -0.2) is 9.97 Å². The Morgan fingerprint density at radius 1 is 1.08 bits per heavy atom. The quantitative estimate of drug-likeness (QED) is 0.398. The lowest BCUT2D eigenvalue weighted by atomic mass is 10.2. The summed E-state index contributed by atoms with van der Waals surface area (Å²) in [7, 11) is 0. The number of benzene rings is 1. The van der Waals surface area contributed by atoms with Crippen molar-refractivity contribution in [3.63, 3.8) is 0 Å². The smallest absolute Gasteiger partial charge is 0.187 e. The summed E-state index contributed by atoms with van der Waals surface area (Å²) in [5.41, 5.74) is 5.08. The zero-order chi connectivity index (χ0) is 17.1. The zero-order valence-electron chi connectivity index (χ0n) is 14.0. The lowest BCUT2D eigenvalue weighted by molar-refractivity contribution is 0.102.